The van der Waals surface area contributed by atoms with Crippen LogP contribution in [0.4, 0.5) is 0 Å². The molecule has 0 heteroatoms. The second-order valence-electron chi connectivity index (χ2n) is 15.0. The van der Waals surface area contributed by atoms with Crippen LogP contribution in [-0.4, -0.2) is 0 Å². The molecule has 30 heavy (non-hydrogen) atoms. The zero-order chi connectivity index (χ0) is 21.7. The van der Waals surface area contributed by atoms with E-state index in [0.717, 1.165) is 29.6 Å². The van der Waals surface area contributed by atoms with Crippen molar-refractivity contribution in [2.45, 2.75) is 120 Å². The molecule has 8 atom stereocenters. The Kier molecular flexibility index (Phi) is 4.61. The van der Waals surface area contributed by atoms with Crippen LogP contribution in [-0.2, 0) is 0 Å². The molecule has 0 aromatic rings. The third-order valence-electron chi connectivity index (χ3n) is 12.8. The summed E-state index contributed by atoms with van der Waals surface area (Å²) in [6.07, 6.45) is 17.4. The van der Waals surface area contributed by atoms with Crippen LogP contribution in [0.2, 0.25) is 0 Å². The highest BCUT2D eigenvalue weighted by Crippen LogP contribution is 2.71. The Morgan fingerprint density at radius 2 is 1.47 bits per heavy atom. The fourth-order valence-corrected chi connectivity index (χ4v) is 10.2. The molecule has 0 heterocycles. The quantitative estimate of drug-likeness (QED) is 0.349. The zero-order valence-corrected chi connectivity index (χ0v) is 21.5. The Bertz CT molecular complexity index is 739. The summed E-state index contributed by atoms with van der Waals surface area (Å²) in [4.78, 5) is 0. The summed E-state index contributed by atoms with van der Waals surface area (Å²) in [5, 5.41) is 0. The maximum absolute atomic E-state index is 2.85. The molecular formula is C30H50. The van der Waals surface area contributed by atoms with Crippen molar-refractivity contribution in [2.75, 3.05) is 0 Å². The highest BCUT2D eigenvalue weighted by Gasteiger charge is 2.63. The molecule has 0 aromatic carbocycles. The van der Waals surface area contributed by atoms with Crippen LogP contribution in [0.1, 0.15) is 120 Å². The van der Waals surface area contributed by atoms with Crippen LogP contribution in [0.5, 0.6) is 0 Å². The number of allylic oxidation sites excluding steroid dienone is 2. The van der Waals surface area contributed by atoms with E-state index in [-0.39, 0.29) is 0 Å². The summed E-state index contributed by atoms with van der Waals surface area (Å²) in [6.45, 7) is 21.0. The maximum Gasteiger partial charge on any atom is -0.00820 e. The van der Waals surface area contributed by atoms with Gasteiger partial charge >= 0.3 is 0 Å². The summed E-state index contributed by atoms with van der Waals surface area (Å²) < 4.78 is 0. The van der Waals surface area contributed by atoms with Crippen LogP contribution < -0.4 is 0 Å². The number of hydrogen-bond donors (Lipinski definition) is 0. The van der Waals surface area contributed by atoms with Crippen molar-refractivity contribution in [3.63, 3.8) is 0 Å². The number of hydrogen-bond acceptors (Lipinski definition) is 0. The topological polar surface area (TPSA) is 0 Å². The van der Waals surface area contributed by atoms with E-state index in [2.05, 4.69) is 61.5 Å². The largest absolute Gasteiger partial charge is 0.0842 e. The van der Waals surface area contributed by atoms with Crippen LogP contribution in [0, 0.1) is 56.7 Å². The van der Waals surface area contributed by atoms with Crippen molar-refractivity contribution in [1.29, 1.82) is 0 Å². The molecule has 0 radical (unpaired) electrons. The lowest BCUT2D eigenvalue weighted by molar-refractivity contribution is -0.150. The molecule has 0 bridgehead atoms. The Hall–Kier alpha value is -0.260. The fourth-order valence-electron chi connectivity index (χ4n) is 10.2. The minimum Gasteiger partial charge on any atom is -0.0842 e. The lowest BCUT2D eigenvalue weighted by Gasteiger charge is -2.67. The van der Waals surface area contributed by atoms with E-state index in [4.69, 9.17) is 0 Å². The highest BCUT2D eigenvalue weighted by atomic mass is 14.7. The van der Waals surface area contributed by atoms with Gasteiger partial charge in [-0.15, -0.1) is 0 Å². The van der Waals surface area contributed by atoms with Gasteiger partial charge in [0.1, 0.15) is 0 Å². The van der Waals surface area contributed by atoms with Crippen molar-refractivity contribution in [2.24, 2.45) is 56.7 Å². The lowest BCUT2D eigenvalue weighted by Crippen LogP contribution is -2.59. The Morgan fingerprint density at radius 1 is 0.767 bits per heavy atom. The smallest absolute Gasteiger partial charge is 0.00820 e. The van der Waals surface area contributed by atoms with Crippen molar-refractivity contribution in [3.05, 3.63) is 11.6 Å². The molecule has 0 saturated heterocycles. The van der Waals surface area contributed by atoms with Crippen molar-refractivity contribution < 1.29 is 0 Å². The van der Waals surface area contributed by atoms with E-state index in [1.165, 1.54) is 64.2 Å². The average Bonchev–Trinajstić information content (AvgIpc) is 2.66. The summed E-state index contributed by atoms with van der Waals surface area (Å²) in [5.41, 5.74) is 4.63. The van der Waals surface area contributed by atoms with E-state index < -0.39 is 0 Å². The Balaban J connectivity index is 1.52. The minimum absolute atomic E-state index is 0.488. The van der Waals surface area contributed by atoms with Gasteiger partial charge in [0.2, 0.25) is 0 Å². The monoisotopic (exact) mass is 410 g/mol. The summed E-state index contributed by atoms with van der Waals surface area (Å²) in [7, 11) is 0. The predicted molar refractivity (Wildman–Crippen MR) is 129 cm³/mol. The SMILES string of the molecule is C[C@H]1CC[C@]2(C)[C@H]3CC=C4C5CC(C)(C)CC[C@]5(C)CC[C@@]4(C)[C@@H]3CC[C@H]2C1(C)C. The van der Waals surface area contributed by atoms with Gasteiger partial charge in [0, 0.05) is 0 Å². The van der Waals surface area contributed by atoms with Crippen molar-refractivity contribution in [1.82, 2.24) is 0 Å². The predicted octanol–water partition coefficient (Wildman–Crippen LogP) is 9.05. The van der Waals surface area contributed by atoms with Crippen LogP contribution >= 0.6 is 0 Å². The van der Waals surface area contributed by atoms with Gasteiger partial charge in [-0.05, 0) is 121 Å². The van der Waals surface area contributed by atoms with Gasteiger partial charge < -0.3 is 0 Å². The second kappa shape index (κ2) is 6.41. The molecule has 0 aliphatic heterocycles. The normalized spacial score (nSPS) is 54.1. The second-order valence-corrected chi connectivity index (χ2v) is 15.0. The van der Waals surface area contributed by atoms with Crippen LogP contribution in [0.15, 0.2) is 11.6 Å². The molecule has 1 unspecified atom stereocenters. The summed E-state index contributed by atoms with van der Waals surface area (Å²) >= 11 is 0. The standard InChI is InChI=1S/C30H50/c1-20-13-14-30(8)22-9-10-23-24-19-26(2,3)15-16-28(24,6)17-18-29(23,7)21(22)11-12-25(30)27(20,4)5/h10,20-22,24-25H,9,11-19H2,1-8H3/t20-,21+,22-,24?,25-,28+,29-,30+/m0/s1. The Morgan fingerprint density at radius 3 is 2.20 bits per heavy atom. The number of fused-ring (bicyclic) bond motifs is 7. The summed E-state index contributed by atoms with van der Waals surface area (Å²) in [5.74, 6) is 4.54. The number of rotatable bonds is 0. The molecule has 170 valence electrons. The van der Waals surface area contributed by atoms with E-state index in [9.17, 15) is 0 Å². The molecule has 5 aliphatic rings. The first-order valence-electron chi connectivity index (χ1n) is 13.5. The van der Waals surface area contributed by atoms with Crippen LogP contribution in [0.3, 0.4) is 0 Å². The van der Waals surface area contributed by atoms with Gasteiger partial charge in [-0.3, -0.25) is 0 Å². The Labute approximate surface area is 188 Å². The van der Waals surface area contributed by atoms with E-state index >= 15 is 0 Å². The minimum atomic E-state index is 0.488. The molecular weight excluding hydrogens is 360 g/mol. The fraction of sp³-hybridized carbons (Fsp3) is 0.933. The third kappa shape index (κ3) is 2.76. The first-order chi connectivity index (χ1) is 13.8. The molecule has 0 N–H and O–H groups in total. The molecule has 0 spiro atoms. The van der Waals surface area contributed by atoms with Gasteiger partial charge in [0.25, 0.3) is 0 Å². The molecule has 0 nitrogen and oxygen atoms in total. The molecule has 5 rings (SSSR count). The maximum atomic E-state index is 2.85. The van der Waals surface area contributed by atoms with Gasteiger partial charge in [0.05, 0.1) is 0 Å². The van der Waals surface area contributed by atoms with E-state index in [1.54, 1.807) is 0 Å². The van der Waals surface area contributed by atoms with E-state index in [0.29, 0.717) is 27.1 Å². The highest BCUT2D eigenvalue weighted by molar-refractivity contribution is 5.30. The lowest BCUT2D eigenvalue weighted by atomic mass is 9.37. The van der Waals surface area contributed by atoms with Crippen molar-refractivity contribution >= 4 is 0 Å². The molecule has 4 saturated carbocycles. The first kappa shape index (κ1) is 21.6. The molecule has 0 amide bonds. The van der Waals surface area contributed by atoms with Gasteiger partial charge in [0.15, 0.2) is 0 Å². The van der Waals surface area contributed by atoms with Gasteiger partial charge in [-0.1, -0.05) is 67.0 Å². The molecule has 5 aliphatic carbocycles. The van der Waals surface area contributed by atoms with Crippen LogP contribution in [0.25, 0.3) is 0 Å². The third-order valence-corrected chi connectivity index (χ3v) is 12.8. The van der Waals surface area contributed by atoms with Gasteiger partial charge in [-0.2, -0.15) is 0 Å². The average molecular weight is 411 g/mol. The van der Waals surface area contributed by atoms with Crippen molar-refractivity contribution in [3.8, 4) is 0 Å². The summed E-state index contributed by atoms with van der Waals surface area (Å²) in [6, 6.07) is 0. The zero-order valence-electron chi connectivity index (χ0n) is 21.5. The van der Waals surface area contributed by atoms with E-state index in [1.807, 2.05) is 5.57 Å². The van der Waals surface area contributed by atoms with Gasteiger partial charge in [-0.25, -0.2) is 0 Å². The molecule has 4 fully saturated rings. The molecule has 0 aromatic heterocycles. The first-order valence-corrected chi connectivity index (χ1v) is 13.5.